The van der Waals surface area contributed by atoms with Crippen LogP contribution in [0, 0.1) is 0 Å². The molecule has 0 N–H and O–H groups in total. The smallest absolute Gasteiger partial charge is 0.126 e. The minimum atomic E-state index is 0.439. The Morgan fingerprint density at radius 1 is 0.167 bits per heavy atom. The standard InChI is InChI=1S/C102H147N3O9/c1-4-7-10-13-16-19-22-25-28-31-34-37-40-43-73-106-94-61-49-88(50-62-94)85-103-91-55-67-97(68-56-91)109-76-46-79-112-100-82-101(113-80-47-77-110-98-69-57-92(58-70-98)104-86-89-51-63-95(64-52-89)107-74-44-41-38-35-32-29-26-23-20-17-14-11-8-5-2)84-102(83-100)114-81-48-78-111-99-71-59-93(60-72-99)105-87-90-53-65-96(66-54-90)108-75-45-42-39-36-33-30-27-24-21-18-15-12-9-6-3/h49-72,82-87H,4-48,73-81H2,1-3H3. The van der Waals surface area contributed by atoms with E-state index in [1.165, 1.54) is 250 Å². The van der Waals surface area contributed by atoms with Crippen molar-refractivity contribution in [3.05, 3.63) is 180 Å². The van der Waals surface area contributed by atoms with Crippen molar-refractivity contribution in [2.24, 2.45) is 15.0 Å². The molecule has 0 saturated carbocycles. The molecule has 0 spiro atoms. The molecular weight excluding hydrogens is 1410 g/mol. The van der Waals surface area contributed by atoms with Gasteiger partial charge >= 0.3 is 0 Å². The van der Waals surface area contributed by atoms with Crippen LogP contribution in [0.15, 0.2) is 179 Å². The third kappa shape index (κ3) is 46.3. The van der Waals surface area contributed by atoms with Crippen LogP contribution in [0.5, 0.6) is 51.7 Å². The van der Waals surface area contributed by atoms with Crippen LogP contribution in [0.2, 0.25) is 0 Å². The molecule has 7 rings (SSSR count). The second kappa shape index (κ2) is 64.0. The molecule has 0 bridgehead atoms. The van der Waals surface area contributed by atoms with Crippen LogP contribution in [0.25, 0.3) is 0 Å². The number of nitrogens with zero attached hydrogens (tertiary/aromatic N) is 3. The summed E-state index contributed by atoms with van der Waals surface area (Å²) in [5, 5.41) is 0. The zero-order valence-electron chi connectivity index (χ0n) is 71.0. The molecule has 0 aliphatic heterocycles. The second-order valence-electron chi connectivity index (χ2n) is 31.1. The first-order valence-corrected chi connectivity index (χ1v) is 45.5. The minimum absolute atomic E-state index is 0.439. The fourth-order valence-electron chi connectivity index (χ4n) is 13.9. The molecular formula is C102H147N3O9. The van der Waals surface area contributed by atoms with Gasteiger partial charge < -0.3 is 42.6 Å². The van der Waals surface area contributed by atoms with E-state index in [4.69, 9.17) is 57.6 Å². The maximum atomic E-state index is 6.31. The highest BCUT2D eigenvalue weighted by Gasteiger charge is 2.09. The van der Waals surface area contributed by atoms with Crippen molar-refractivity contribution in [2.45, 2.75) is 310 Å². The summed E-state index contributed by atoms with van der Waals surface area (Å²) >= 11 is 0. The molecule has 7 aromatic rings. The Labute approximate surface area is 690 Å². The number of hydrogen-bond acceptors (Lipinski definition) is 12. The summed E-state index contributed by atoms with van der Waals surface area (Å²) in [6, 6.07) is 53.8. The molecule has 0 aromatic heterocycles. The van der Waals surface area contributed by atoms with Gasteiger partial charge in [0.15, 0.2) is 0 Å². The van der Waals surface area contributed by atoms with E-state index < -0.39 is 0 Å². The van der Waals surface area contributed by atoms with E-state index in [0.717, 1.165) is 107 Å². The largest absolute Gasteiger partial charge is 0.494 e. The van der Waals surface area contributed by atoms with Gasteiger partial charge in [-0.15, -0.1) is 0 Å². The first kappa shape index (κ1) is 92.9. The number of hydrogen-bond donors (Lipinski definition) is 0. The summed E-state index contributed by atoms with van der Waals surface area (Å²) in [7, 11) is 0. The molecule has 114 heavy (non-hydrogen) atoms. The lowest BCUT2D eigenvalue weighted by Crippen LogP contribution is -2.08. The van der Waals surface area contributed by atoms with Gasteiger partial charge in [0.1, 0.15) is 51.7 Å². The van der Waals surface area contributed by atoms with Crippen LogP contribution in [-0.2, 0) is 0 Å². The minimum Gasteiger partial charge on any atom is -0.494 e. The summed E-state index contributed by atoms with van der Waals surface area (Å²) in [5.74, 6) is 6.99. The van der Waals surface area contributed by atoms with Crippen molar-refractivity contribution in [3.63, 3.8) is 0 Å². The van der Waals surface area contributed by atoms with Gasteiger partial charge in [0.05, 0.1) is 76.5 Å². The summed E-state index contributed by atoms with van der Waals surface area (Å²) < 4.78 is 55.5. The van der Waals surface area contributed by atoms with Crippen LogP contribution < -0.4 is 42.6 Å². The van der Waals surface area contributed by atoms with Gasteiger partial charge in [0.2, 0.25) is 0 Å². The average Bonchev–Trinajstić information content (AvgIpc) is 0.872. The Balaban J connectivity index is 0.780. The first-order valence-electron chi connectivity index (χ1n) is 45.5. The predicted molar refractivity (Wildman–Crippen MR) is 481 cm³/mol. The zero-order chi connectivity index (χ0) is 79.5. The lowest BCUT2D eigenvalue weighted by molar-refractivity contribution is 0.233. The zero-order valence-corrected chi connectivity index (χ0v) is 71.0. The van der Waals surface area contributed by atoms with E-state index in [0.29, 0.717) is 76.2 Å². The molecule has 0 amide bonds. The SMILES string of the molecule is CCCCCCCCCCCCCCCCOc1ccc(C=Nc2ccc(OCCCOc3cc(OCCCOc4ccc(N=Cc5ccc(OCCCCCCCCCCCCCCCC)cc5)cc4)cc(OCCCOc4ccc(N=Cc5ccc(OCCCCCCCCCCCCCCCC)cc5)cc4)c3)cc2)cc1. The summed E-state index contributed by atoms with van der Waals surface area (Å²) in [5.41, 5.74) is 5.62. The van der Waals surface area contributed by atoms with Gasteiger partial charge in [-0.3, -0.25) is 15.0 Å². The summed E-state index contributed by atoms with van der Waals surface area (Å²) in [6.45, 7) is 11.9. The lowest BCUT2D eigenvalue weighted by Gasteiger charge is -2.14. The Kier molecular flexibility index (Phi) is 52.1. The highest BCUT2D eigenvalue weighted by molar-refractivity contribution is 5.83. The Morgan fingerprint density at radius 3 is 0.500 bits per heavy atom. The third-order valence-corrected chi connectivity index (χ3v) is 20.9. The molecule has 0 heterocycles. The van der Waals surface area contributed by atoms with E-state index >= 15 is 0 Å². The molecule has 0 aliphatic carbocycles. The number of unbranched alkanes of at least 4 members (excludes halogenated alkanes) is 39. The highest BCUT2D eigenvalue weighted by atomic mass is 16.5. The predicted octanol–water partition coefficient (Wildman–Crippen LogP) is 30.1. The molecule has 0 atom stereocenters. The maximum absolute atomic E-state index is 6.31. The van der Waals surface area contributed by atoms with E-state index in [9.17, 15) is 0 Å². The molecule has 624 valence electrons. The van der Waals surface area contributed by atoms with Crippen molar-refractivity contribution >= 4 is 35.7 Å². The van der Waals surface area contributed by atoms with E-state index in [2.05, 4.69) is 57.2 Å². The van der Waals surface area contributed by atoms with Crippen LogP contribution in [-0.4, -0.2) is 78.1 Å². The van der Waals surface area contributed by atoms with Gasteiger partial charge in [0.25, 0.3) is 0 Å². The van der Waals surface area contributed by atoms with Crippen LogP contribution in [0.4, 0.5) is 17.1 Å². The molecule has 0 aliphatic rings. The highest BCUT2D eigenvalue weighted by Crippen LogP contribution is 2.30. The molecule has 7 aromatic carbocycles. The third-order valence-electron chi connectivity index (χ3n) is 20.9. The molecule has 0 fully saturated rings. The van der Waals surface area contributed by atoms with Crippen molar-refractivity contribution < 1.29 is 42.6 Å². The topological polar surface area (TPSA) is 120 Å². The van der Waals surface area contributed by atoms with E-state index in [1.807, 2.05) is 146 Å². The van der Waals surface area contributed by atoms with Crippen LogP contribution >= 0.6 is 0 Å². The van der Waals surface area contributed by atoms with Gasteiger partial charge in [-0.1, -0.05) is 271 Å². The summed E-state index contributed by atoms with van der Waals surface area (Å²) in [4.78, 5) is 14.1. The van der Waals surface area contributed by atoms with Crippen molar-refractivity contribution in [1.82, 2.24) is 0 Å². The molecule has 0 radical (unpaired) electrons. The van der Waals surface area contributed by atoms with Crippen molar-refractivity contribution in [2.75, 3.05) is 59.5 Å². The normalized spacial score (nSPS) is 11.5. The van der Waals surface area contributed by atoms with Gasteiger partial charge in [-0.05, 0) is 182 Å². The van der Waals surface area contributed by atoms with Gasteiger partial charge in [-0.2, -0.15) is 0 Å². The van der Waals surface area contributed by atoms with E-state index in [-0.39, 0.29) is 0 Å². The van der Waals surface area contributed by atoms with Gasteiger partial charge in [0, 0.05) is 56.1 Å². The molecule has 0 saturated heterocycles. The molecule has 12 nitrogen and oxygen atoms in total. The summed E-state index contributed by atoms with van der Waals surface area (Å²) in [6.07, 6.45) is 64.5. The van der Waals surface area contributed by atoms with Crippen molar-refractivity contribution in [3.8, 4) is 51.7 Å². The Bertz CT molecular complexity index is 3120. The Morgan fingerprint density at radius 2 is 0.316 bits per heavy atom. The van der Waals surface area contributed by atoms with Gasteiger partial charge in [-0.25, -0.2) is 0 Å². The fraction of sp³-hybridized carbons (Fsp3) is 0.559. The number of aliphatic imine (C=N–C) groups is 3. The molecule has 0 unspecified atom stereocenters. The fourth-order valence-corrected chi connectivity index (χ4v) is 13.9. The lowest BCUT2D eigenvalue weighted by atomic mass is 10.0. The number of rotatable bonds is 72. The first-order chi connectivity index (χ1) is 56.5. The van der Waals surface area contributed by atoms with Crippen LogP contribution in [0.3, 0.4) is 0 Å². The Hall–Kier alpha value is -8.25. The maximum Gasteiger partial charge on any atom is 0.126 e. The number of ether oxygens (including phenoxy) is 9. The quantitative estimate of drug-likeness (QED) is 0.0271. The van der Waals surface area contributed by atoms with Crippen LogP contribution in [0.1, 0.15) is 326 Å². The average molecular weight is 1560 g/mol. The second-order valence-corrected chi connectivity index (χ2v) is 31.1. The van der Waals surface area contributed by atoms with E-state index in [1.54, 1.807) is 0 Å². The molecule has 12 heteroatoms. The van der Waals surface area contributed by atoms with Crippen molar-refractivity contribution in [1.29, 1.82) is 0 Å². The monoisotopic (exact) mass is 1560 g/mol. The number of benzene rings is 7.